The van der Waals surface area contributed by atoms with Gasteiger partial charge in [-0.25, -0.2) is 9.97 Å². The molecule has 0 bridgehead atoms. The quantitative estimate of drug-likeness (QED) is 0.181. The molecule has 0 saturated carbocycles. The first-order valence-electron chi connectivity index (χ1n) is 23.7. The summed E-state index contributed by atoms with van der Waals surface area (Å²) in [7, 11) is 0. The van der Waals surface area contributed by atoms with E-state index in [1.54, 1.807) is 0 Å². The fraction of sp³-hybridized carbons (Fsp3) is 0.143. The molecule has 0 aliphatic carbocycles. The second kappa shape index (κ2) is 15.5. The zero-order chi connectivity index (χ0) is 46.5. The molecule has 12 rings (SSSR count). The lowest BCUT2D eigenvalue weighted by Crippen LogP contribution is -2.34. The predicted octanol–water partition coefficient (Wildman–Crippen LogP) is 16.4. The molecule has 5 nitrogen and oxygen atoms in total. The summed E-state index contributed by atoms with van der Waals surface area (Å²) >= 11 is 0. The van der Waals surface area contributed by atoms with Gasteiger partial charge in [0.05, 0.1) is 27.9 Å². The van der Waals surface area contributed by atoms with Crippen molar-refractivity contribution in [1.82, 2.24) is 19.5 Å². The standard InChI is InChI=1S/C63H53N5/c1-39-35-40(2)57(41(3)36-39)43-33-34-64-56(38-43)68-53-27-17-15-25-49(53)63(7,44-19-10-8-11-20-44)50-31-29-42(37-55(50)68)46-24-18-28-54-59(46)66-61(67(54)45-21-12-9-13-22-45)48-30-32-51(62(4,5)6)58-47-23-14-16-26-52(47)65-60(48)58/h8-38,65H,1-7H3. The third-order valence-electron chi connectivity index (χ3n) is 14.5. The van der Waals surface area contributed by atoms with Crippen LogP contribution < -0.4 is 4.90 Å². The molecule has 3 aromatic heterocycles. The van der Waals surface area contributed by atoms with E-state index in [1.165, 1.54) is 55.3 Å². The molecule has 0 radical (unpaired) electrons. The number of anilines is 3. The Morgan fingerprint density at radius 2 is 1.29 bits per heavy atom. The molecule has 1 atom stereocenters. The minimum atomic E-state index is -0.456. The number of rotatable bonds is 6. The van der Waals surface area contributed by atoms with Crippen LogP contribution in [-0.4, -0.2) is 19.5 Å². The summed E-state index contributed by atoms with van der Waals surface area (Å²) in [6, 6.07) is 66.4. The zero-order valence-corrected chi connectivity index (χ0v) is 39.7. The molecule has 1 aliphatic heterocycles. The third-order valence-corrected chi connectivity index (χ3v) is 14.5. The Balaban J connectivity index is 1.11. The van der Waals surface area contributed by atoms with E-state index in [9.17, 15) is 0 Å². The largest absolute Gasteiger partial charge is 0.354 e. The summed E-state index contributed by atoms with van der Waals surface area (Å²) in [5.41, 5.74) is 21.3. The van der Waals surface area contributed by atoms with Crippen molar-refractivity contribution in [2.24, 2.45) is 0 Å². The third kappa shape index (κ3) is 6.36. The van der Waals surface area contributed by atoms with Gasteiger partial charge in [-0.2, -0.15) is 0 Å². The van der Waals surface area contributed by atoms with Crippen LogP contribution >= 0.6 is 0 Å². The normalized spacial score (nSPS) is 14.7. The molecule has 4 heterocycles. The number of H-pyrrole nitrogens is 1. The highest BCUT2D eigenvalue weighted by atomic mass is 15.2. The van der Waals surface area contributed by atoms with Gasteiger partial charge < -0.3 is 4.98 Å². The van der Waals surface area contributed by atoms with Crippen molar-refractivity contribution in [1.29, 1.82) is 0 Å². The van der Waals surface area contributed by atoms with Gasteiger partial charge in [-0.1, -0.05) is 154 Å². The van der Waals surface area contributed by atoms with Crippen molar-refractivity contribution in [2.45, 2.75) is 59.3 Å². The second-order valence-electron chi connectivity index (χ2n) is 19.9. The van der Waals surface area contributed by atoms with Crippen LogP contribution in [0.3, 0.4) is 0 Å². The van der Waals surface area contributed by atoms with E-state index in [4.69, 9.17) is 9.97 Å². The van der Waals surface area contributed by atoms with Gasteiger partial charge >= 0.3 is 0 Å². The summed E-state index contributed by atoms with van der Waals surface area (Å²) in [6.45, 7) is 15.9. The van der Waals surface area contributed by atoms with Crippen molar-refractivity contribution in [3.8, 4) is 39.3 Å². The molecule has 1 aliphatic rings. The van der Waals surface area contributed by atoms with Gasteiger partial charge in [-0.05, 0) is 138 Å². The highest BCUT2D eigenvalue weighted by Crippen LogP contribution is 2.55. The molecule has 68 heavy (non-hydrogen) atoms. The fourth-order valence-corrected chi connectivity index (χ4v) is 11.5. The van der Waals surface area contributed by atoms with E-state index in [-0.39, 0.29) is 5.41 Å². The lowest BCUT2D eigenvalue weighted by molar-refractivity contribution is 0.596. The number of hydrogen-bond acceptors (Lipinski definition) is 3. The number of benzene rings is 8. The number of hydrogen-bond donors (Lipinski definition) is 1. The number of imidazole rings is 1. The van der Waals surface area contributed by atoms with Crippen LogP contribution in [0.2, 0.25) is 0 Å². The molecule has 0 amide bonds. The maximum Gasteiger partial charge on any atom is 0.147 e. The fourth-order valence-electron chi connectivity index (χ4n) is 11.5. The number of nitrogens with one attached hydrogen (secondary N) is 1. The highest BCUT2D eigenvalue weighted by Gasteiger charge is 2.42. The van der Waals surface area contributed by atoms with Crippen molar-refractivity contribution in [3.05, 3.63) is 227 Å². The number of aromatic amines is 1. The highest BCUT2D eigenvalue weighted by molar-refractivity contribution is 6.14. The van der Waals surface area contributed by atoms with Crippen molar-refractivity contribution >= 4 is 50.0 Å². The number of aromatic nitrogens is 4. The Hall–Kier alpha value is -8.02. The SMILES string of the molecule is Cc1cc(C)c(-c2ccnc(N3c4ccccc4C(C)(c4ccccc4)c4ccc(-c5cccc6c5nc(-c5ccc(C(C)(C)C)c7c5[nH]c5ccccc57)n6-c5ccccc5)cc43)c2)c(C)c1. The van der Waals surface area contributed by atoms with E-state index in [1.807, 2.05) is 6.20 Å². The zero-order valence-electron chi connectivity index (χ0n) is 39.7. The van der Waals surface area contributed by atoms with Crippen LogP contribution in [0.25, 0.3) is 72.2 Å². The van der Waals surface area contributed by atoms with E-state index in [2.05, 4.69) is 245 Å². The molecule has 0 saturated heterocycles. The summed E-state index contributed by atoms with van der Waals surface area (Å²) < 4.78 is 2.34. The Bertz CT molecular complexity index is 3750. The number of nitrogens with zero attached hydrogens (tertiary/aromatic N) is 4. The van der Waals surface area contributed by atoms with Crippen LogP contribution in [0.1, 0.15) is 66.6 Å². The van der Waals surface area contributed by atoms with E-state index in [0.29, 0.717) is 0 Å². The Morgan fingerprint density at radius 3 is 2.07 bits per heavy atom. The van der Waals surface area contributed by atoms with E-state index in [0.717, 1.165) is 73.0 Å². The molecule has 5 heteroatoms. The van der Waals surface area contributed by atoms with Crippen LogP contribution in [0.15, 0.2) is 188 Å². The van der Waals surface area contributed by atoms with Gasteiger partial charge in [0.1, 0.15) is 11.6 Å². The summed E-state index contributed by atoms with van der Waals surface area (Å²) in [4.78, 5) is 17.2. The molecule has 0 fully saturated rings. The average molecular weight is 880 g/mol. The first-order chi connectivity index (χ1) is 33.0. The minimum Gasteiger partial charge on any atom is -0.354 e. The maximum atomic E-state index is 5.73. The van der Waals surface area contributed by atoms with E-state index >= 15 is 0 Å². The molecular formula is C63H53N5. The summed E-state index contributed by atoms with van der Waals surface area (Å²) in [6.07, 6.45) is 1.97. The van der Waals surface area contributed by atoms with Gasteiger partial charge in [-0.3, -0.25) is 9.47 Å². The lowest BCUT2D eigenvalue weighted by Gasteiger charge is -2.44. The molecule has 11 aromatic rings. The Morgan fingerprint density at radius 1 is 0.588 bits per heavy atom. The minimum absolute atomic E-state index is 0.0681. The van der Waals surface area contributed by atoms with Gasteiger partial charge in [0.15, 0.2) is 0 Å². The van der Waals surface area contributed by atoms with Crippen LogP contribution in [0.5, 0.6) is 0 Å². The van der Waals surface area contributed by atoms with Gasteiger partial charge in [0.2, 0.25) is 0 Å². The average Bonchev–Trinajstić information content (AvgIpc) is 3.93. The van der Waals surface area contributed by atoms with Crippen LogP contribution in [-0.2, 0) is 10.8 Å². The van der Waals surface area contributed by atoms with Crippen LogP contribution in [0.4, 0.5) is 17.2 Å². The molecule has 330 valence electrons. The molecule has 0 spiro atoms. The molecule has 1 N–H and O–H groups in total. The molecular weight excluding hydrogens is 827 g/mol. The van der Waals surface area contributed by atoms with Crippen molar-refractivity contribution in [3.63, 3.8) is 0 Å². The number of para-hydroxylation sites is 4. The first kappa shape index (κ1) is 41.4. The summed E-state index contributed by atoms with van der Waals surface area (Å²) in [5.74, 6) is 1.77. The van der Waals surface area contributed by atoms with E-state index < -0.39 is 5.41 Å². The lowest BCUT2D eigenvalue weighted by atomic mass is 9.67. The monoisotopic (exact) mass is 879 g/mol. The molecule has 1 unspecified atom stereocenters. The number of fused-ring (bicyclic) bond motifs is 6. The predicted molar refractivity (Wildman–Crippen MR) is 284 cm³/mol. The Labute approximate surface area is 398 Å². The first-order valence-corrected chi connectivity index (χ1v) is 23.7. The Kier molecular flexibility index (Phi) is 9.46. The van der Waals surface area contributed by atoms with Gasteiger partial charge in [0.25, 0.3) is 0 Å². The van der Waals surface area contributed by atoms with Gasteiger partial charge in [0, 0.05) is 44.7 Å². The van der Waals surface area contributed by atoms with Gasteiger partial charge in [-0.15, -0.1) is 0 Å². The van der Waals surface area contributed by atoms with Crippen molar-refractivity contribution in [2.75, 3.05) is 4.90 Å². The smallest absolute Gasteiger partial charge is 0.147 e. The van der Waals surface area contributed by atoms with Crippen LogP contribution in [0, 0.1) is 20.8 Å². The second-order valence-corrected chi connectivity index (χ2v) is 19.9. The number of pyridine rings is 1. The molecule has 8 aromatic carbocycles. The maximum absolute atomic E-state index is 5.73. The topological polar surface area (TPSA) is 49.7 Å². The number of aryl methyl sites for hydroxylation is 3. The summed E-state index contributed by atoms with van der Waals surface area (Å²) in [5, 5.41) is 2.48. The van der Waals surface area contributed by atoms with Crippen molar-refractivity contribution < 1.29 is 0 Å².